The Balaban J connectivity index is 2.02. The van der Waals surface area contributed by atoms with Crippen molar-refractivity contribution in [1.29, 1.82) is 0 Å². The maximum Gasteiger partial charge on any atom is 0.125 e. The molecule has 0 amide bonds. The van der Waals surface area contributed by atoms with E-state index in [-0.39, 0.29) is 23.7 Å². The molecule has 1 fully saturated rings. The Bertz CT molecular complexity index is 613. The molecule has 0 heterocycles. The fraction of sp³-hybridized carbons (Fsp3) is 0.556. The monoisotopic (exact) mass is 286 g/mol. The molecule has 2 aliphatic carbocycles. The molecule has 3 atom stereocenters. The lowest BCUT2D eigenvalue weighted by Crippen LogP contribution is -2.51. The van der Waals surface area contributed by atoms with E-state index < -0.39 is 5.60 Å². The van der Waals surface area contributed by atoms with E-state index in [9.17, 15) is 15.3 Å². The number of aliphatic hydroxyl groups excluding tert-OH is 1. The smallest absolute Gasteiger partial charge is 0.125 e. The number of aromatic hydroxyl groups is 1. The van der Waals surface area contributed by atoms with Crippen LogP contribution in [0.15, 0.2) is 18.2 Å². The molecule has 1 aromatic rings. The normalized spacial score (nSPS) is 34.3. The van der Waals surface area contributed by atoms with Crippen LogP contribution in [0, 0.1) is 17.8 Å². The Morgan fingerprint density at radius 1 is 1.33 bits per heavy atom. The number of rotatable bonds is 1. The third-order valence-corrected chi connectivity index (χ3v) is 5.38. The lowest BCUT2D eigenvalue weighted by molar-refractivity contribution is -0.0261. The predicted octanol–water partition coefficient (Wildman–Crippen LogP) is 2.12. The topological polar surface area (TPSA) is 60.7 Å². The van der Waals surface area contributed by atoms with Crippen LogP contribution in [0.2, 0.25) is 0 Å². The second-order valence-electron chi connectivity index (χ2n) is 6.50. The summed E-state index contributed by atoms with van der Waals surface area (Å²) in [6, 6.07) is 5.46. The number of fused-ring (bicyclic) bond motifs is 3. The summed E-state index contributed by atoms with van der Waals surface area (Å²) in [6.45, 7) is 1.84. The van der Waals surface area contributed by atoms with Gasteiger partial charge in [-0.05, 0) is 68.2 Å². The first-order chi connectivity index (χ1) is 10.0. The molecule has 3 N–H and O–H groups in total. The minimum atomic E-state index is -0.910. The molecule has 0 bridgehead atoms. The van der Waals surface area contributed by atoms with Gasteiger partial charge in [-0.15, -0.1) is 5.92 Å². The highest BCUT2D eigenvalue weighted by molar-refractivity contribution is 5.43. The van der Waals surface area contributed by atoms with Gasteiger partial charge in [-0.1, -0.05) is 12.0 Å². The lowest BCUT2D eigenvalue weighted by Gasteiger charge is -2.51. The molecule has 0 saturated heterocycles. The number of phenols is 1. The summed E-state index contributed by atoms with van der Waals surface area (Å²) >= 11 is 0. The highest BCUT2D eigenvalue weighted by Crippen LogP contribution is 2.52. The molecule has 1 aromatic carbocycles. The molecule has 21 heavy (non-hydrogen) atoms. The highest BCUT2D eigenvalue weighted by Gasteiger charge is 2.51. The third kappa shape index (κ3) is 2.23. The molecule has 112 valence electrons. The van der Waals surface area contributed by atoms with Crippen LogP contribution in [0.4, 0.5) is 0 Å². The summed E-state index contributed by atoms with van der Waals surface area (Å²) in [6.07, 6.45) is 3.74. The summed E-state index contributed by atoms with van der Waals surface area (Å²) in [5, 5.41) is 30.4. The minimum Gasteiger partial charge on any atom is -0.508 e. The molecule has 1 saturated carbocycles. The van der Waals surface area contributed by atoms with Gasteiger partial charge >= 0.3 is 0 Å². The van der Waals surface area contributed by atoms with Gasteiger partial charge in [0.15, 0.2) is 0 Å². The molecule has 0 spiro atoms. The quantitative estimate of drug-likeness (QED) is 0.693. The van der Waals surface area contributed by atoms with Gasteiger partial charge in [-0.25, -0.2) is 0 Å². The molecular weight excluding hydrogens is 264 g/mol. The van der Waals surface area contributed by atoms with Crippen molar-refractivity contribution >= 4 is 0 Å². The largest absolute Gasteiger partial charge is 0.508 e. The Morgan fingerprint density at radius 2 is 2.14 bits per heavy atom. The van der Waals surface area contributed by atoms with E-state index in [0.717, 1.165) is 30.4 Å². The molecule has 0 radical (unpaired) electrons. The molecule has 3 heteroatoms. The SMILES string of the molecule is CC#C[C@@]1(O)CC[C@@]2(CO)c3ccc(O)cc3CC[C@@H]2C1. The first-order valence-electron chi connectivity index (χ1n) is 7.62. The van der Waals surface area contributed by atoms with E-state index in [0.29, 0.717) is 12.8 Å². The number of aryl methyl sites for hydroxylation is 1. The van der Waals surface area contributed by atoms with Crippen LogP contribution in [0.3, 0.4) is 0 Å². The Kier molecular flexibility index (Phi) is 3.47. The van der Waals surface area contributed by atoms with Crippen LogP contribution in [-0.4, -0.2) is 27.5 Å². The molecule has 0 aromatic heterocycles. The zero-order chi connectivity index (χ0) is 15.1. The van der Waals surface area contributed by atoms with E-state index >= 15 is 0 Å². The van der Waals surface area contributed by atoms with E-state index in [2.05, 4.69) is 11.8 Å². The molecular formula is C18H22O3. The van der Waals surface area contributed by atoms with Crippen molar-refractivity contribution in [2.45, 2.75) is 50.0 Å². The van der Waals surface area contributed by atoms with Gasteiger partial charge in [0, 0.05) is 5.41 Å². The maximum atomic E-state index is 10.6. The number of hydrogen-bond donors (Lipinski definition) is 3. The van der Waals surface area contributed by atoms with Gasteiger partial charge in [0.2, 0.25) is 0 Å². The van der Waals surface area contributed by atoms with Gasteiger partial charge < -0.3 is 15.3 Å². The predicted molar refractivity (Wildman–Crippen MR) is 80.9 cm³/mol. The number of hydrogen-bond acceptors (Lipinski definition) is 3. The molecule has 0 unspecified atom stereocenters. The van der Waals surface area contributed by atoms with Crippen molar-refractivity contribution in [2.24, 2.45) is 5.92 Å². The van der Waals surface area contributed by atoms with E-state index in [1.807, 2.05) is 12.1 Å². The Morgan fingerprint density at radius 3 is 2.86 bits per heavy atom. The zero-order valence-corrected chi connectivity index (χ0v) is 12.4. The molecule has 3 nitrogen and oxygen atoms in total. The van der Waals surface area contributed by atoms with Crippen molar-refractivity contribution < 1.29 is 15.3 Å². The third-order valence-electron chi connectivity index (χ3n) is 5.38. The fourth-order valence-corrected chi connectivity index (χ4v) is 4.31. The lowest BCUT2D eigenvalue weighted by atomic mass is 9.55. The summed E-state index contributed by atoms with van der Waals surface area (Å²) < 4.78 is 0. The van der Waals surface area contributed by atoms with Gasteiger partial charge in [0.1, 0.15) is 11.4 Å². The fourth-order valence-electron chi connectivity index (χ4n) is 4.31. The summed E-state index contributed by atoms with van der Waals surface area (Å²) in [4.78, 5) is 0. The second kappa shape index (κ2) is 5.05. The highest BCUT2D eigenvalue weighted by atomic mass is 16.3. The minimum absolute atomic E-state index is 0.0884. The summed E-state index contributed by atoms with van der Waals surface area (Å²) in [5.74, 6) is 6.30. The Hall–Kier alpha value is -1.50. The van der Waals surface area contributed by atoms with Gasteiger partial charge in [0.25, 0.3) is 0 Å². The first-order valence-corrected chi connectivity index (χ1v) is 7.62. The molecule has 2 aliphatic rings. The summed E-state index contributed by atoms with van der Waals surface area (Å²) in [7, 11) is 0. The van der Waals surface area contributed by atoms with Crippen molar-refractivity contribution in [1.82, 2.24) is 0 Å². The average Bonchev–Trinajstić information content (AvgIpc) is 2.47. The van der Waals surface area contributed by atoms with Gasteiger partial charge in [-0.2, -0.15) is 0 Å². The van der Waals surface area contributed by atoms with Crippen LogP contribution < -0.4 is 0 Å². The maximum absolute atomic E-state index is 10.6. The van der Waals surface area contributed by atoms with Crippen molar-refractivity contribution in [2.75, 3.05) is 6.61 Å². The molecule has 0 aliphatic heterocycles. The number of benzene rings is 1. The number of phenolic OH excluding ortho intramolecular Hbond substituents is 1. The van der Waals surface area contributed by atoms with E-state index in [1.54, 1.807) is 13.0 Å². The van der Waals surface area contributed by atoms with E-state index in [4.69, 9.17) is 0 Å². The van der Waals surface area contributed by atoms with Crippen molar-refractivity contribution in [3.8, 4) is 17.6 Å². The van der Waals surface area contributed by atoms with Crippen molar-refractivity contribution in [3.63, 3.8) is 0 Å². The van der Waals surface area contributed by atoms with E-state index in [1.165, 1.54) is 0 Å². The van der Waals surface area contributed by atoms with Gasteiger partial charge in [0.05, 0.1) is 6.61 Å². The van der Waals surface area contributed by atoms with Crippen LogP contribution in [-0.2, 0) is 11.8 Å². The van der Waals surface area contributed by atoms with Crippen LogP contribution in [0.5, 0.6) is 5.75 Å². The zero-order valence-electron chi connectivity index (χ0n) is 12.4. The molecule has 3 rings (SSSR count). The summed E-state index contributed by atoms with van der Waals surface area (Å²) in [5.41, 5.74) is 1.08. The Labute approximate surface area is 125 Å². The standard InChI is InChI=1S/C18H22O3/c1-2-7-17(21)8-9-18(12-19)14(11-17)4-3-13-10-15(20)5-6-16(13)18/h5-6,10,14,19-21H,3-4,8-9,11-12H2,1H3/t14-,17-,18+/m1/s1. The van der Waals surface area contributed by atoms with Crippen LogP contribution >= 0.6 is 0 Å². The first kappa shape index (κ1) is 14.4. The average molecular weight is 286 g/mol. The van der Waals surface area contributed by atoms with Crippen LogP contribution in [0.1, 0.15) is 43.7 Å². The number of aliphatic hydroxyl groups is 2. The second-order valence-corrected chi connectivity index (χ2v) is 6.50. The van der Waals surface area contributed by atoms with Crippen LogP contribution in [0.25, 0.3) is 0 Å². The van der Waals surface area contributed by atoms with Crippen molar-refractivity contribution in [3.05, 3.63) is 29.3 Å². The van der Waals surface area contributed by atoms with Gasteiger partial charge in [-0.3, -0.25) is 0 Å².